The van der Waals surface area contributed by atoms with Crippen molar-refractivity contribution >= 4 is 16.9 Å². The Hall–Kier alpha value is -2.70. The molecule has 2 aromatic carbocycles. The Morgan fingerprint density at radius 1 is 1.12 bits per heavy atom. The number of carboxylic acid groups (broad SMARTS) is 1. The van der Waals surface area contributed by atoms with Gasteiger partial charge in [0.25, 0.3) is 0 Å². The van der Waals surface area contributed by atoms with Crippen LogP contribution in [-0.2, 0) is 6.54 Å². The van der Waals surface area contributed by atoms with Gasteiger partial charge in [0.1, 0.15) is 5.69 Å². The van der Waals surface area contributed by atoms with E-state index in [-0.39, 0.29) is 5.56 Å². The maximum atomic E-state index is 11.7. The third-order valence-electron chi connectivity index (χ3n) is 5.08. The van der Waals surface area contributed by atoms with Gasteiger partial charge in [-0.05, 0) is 24.7 Å². The quantitative estimate of drug-likeness (QED) is 0.757. The minimum atomic E-state index is -0.935. The first-order chi connectivity index (χ1) is 12.6. The molecule has 4 rings (SSSR count). The first-order valence-electron chi connectivity index (χ1n) is 8.83. The van der Waals surface area contributed by atoms with Crippen LogP contribution in [0.3, 0.4) is 0 Å². The van der Waals surface area contributed by atoms with Crippen molar-refractivity contribution in [3.63, 3.8) is 0 Å². The number of hydrogen-bond acceptors (Lipinski definition) is 4. The molecule has 1 aliphatic heterocycles. The molecular weight excluding hydrogens is 328 g/mol. The molecule has 1 aromatic heterocycles. The van der Waals surface area contributed by atoms with Crippen LogP contribution in [0, 0.1) is 0 Å². The van der Waals surface area contributed by atoms with Gasteiger partial charge >= 0.3 is 5.97 Å². The number of rotatable bonds is 4. The van der Waals surface area contributed by atoms with E-state index in [1.54, 1.807) is 12.1 Å². The van der Waals surface area contributed by atoms with Gasteiger partial charge < -0.3 is 10.0 Å². The zero-order chi connectivity index (χ0) is 18.1. The van der Waals surface area contributed by atoms with Gasteiger partial charge in [-0.3, -0.25) is 10.00 Å². The molecule has 1 fully saturated rings. The molecule has 6 nitrogen and oxygen atoms in total. The zero-order valence-electron chi connectivity index (χ0n) is 14.8. The zero-order valence-corrected chi connectivity index (χ0v) is 14.8. The molecule has 134 valence electrons. The fourth-order valence-electron chi connectivity index (χ4n) is 3.58. The molecule has 26 heavy (non-hydrogen) atoms. The summed E-state index contributed by atoms with van der Waals surface area (Å²) < 4.78 is 0. The van der Waals surface area contributed by atoms with E-state index in [9.17, 15) is 9.90 Å². The number of piperazine rings is 1. The topological polar surface area (TPSA) is 72.5 Å². The van der Waals surface area contributed by atoms with E-state index in [1.165, 1.54) is 5.56 Å². The van der Waals surface area contributed by atoms with Crippen molar-refractivity contribution in [3.8, 4) is 11.3 Å². The molecule has 3 aromatic rings. The fourth-order valence-corrected chi connectivity index (χ4v) is 3.58. The van der Waals surface area contributed by atoms with Crippen molar-refractivity contribution in [1.82, 2.24) is 20.0 Å². The Morgan fingerprint density at radius 2 is 1.88 bits per heavy atom. The molecule has 1 saturated heterocycles. The number of aromatic nitrogens is 2. The van der Waals surface area contributed by atoms with E-state index in [0.717, 1.165) is 43.8 Å². The Morgan fingerprint density at radius 3 is 2.65 bits per heavy atom. The summed E-state index contributed by atoms with van der Waals surface area (Å²) in [7, 11) is 2.15. The van der Waals surface area contributed by atoms with E-state index < -0.39 is 5.97 Å². The minimum Gasteiger partial charge on any atom is -0.478 e. The van der Waals surface area contributed by atoms with Gasteiger partial charge in [-0.1, -0.05) is 30.3 Å². The number of carboxylic acids is 1. The van der Waals surface area contributed by atoms with Crippen LogP contribution >= 0.6 is 0 Å². The lowest BCUT2D eigenvalue weighted by Gasteiger charge is -2.32. The van der Waals surface area contributed by atoms with Gasteiger partial charge in [-0.25, -0.2) is 4.79 Å². The predicted octanol–water partition coefficient (Wildman–Crippen LogP) is 2.68. The molecule has 1 aliphatic rings. The maximum absolute atomic E-state index is 11.7. The normalized spacial score (nSPS) is 16.2. The monoisotopic (exact) mass is 350 g/mol. The number of aromatic carboxylic acids is 1. The van der Waals surface area contributed by atoms with Crippen LogP contribution < -0.4 is 0 Å². The van der Waals surface area contributed by atoms with Crippen LogP contribution in [-0.4, -0.2) is 64.3 Å². The molecule has 0 amide bonds. The van der Waals surface area contributed by atoms with E-state index in [0.29, 0.717) is 11.1 Å². The lowest BCUT2D eigenvalue weighted by Crippen LogP contribution is -2.43. The molecule has 0 aliphatic carbocycles. The number of nitrogens with zero attached hydrogens (tertiary/aromatic N) is 3. The summed E-state index contributed by atoms with van der Waals surface area (Å²) in [6.07, 6.45) is 0. The Labute approximate surface area is 152 Å². The van der Waals surface area contributed by atoms with Gasteiger partial charge in [0.15, 0.2) is 0 Å². The largest absolute Gasteiger partial charge is 0.478 e. The summed E-state index contributed by atoms with van der Waals surface area (Å²) >= 11 is 0. The Balaban J connectivity index is 1.75. The summed E-state index contributed by atoms with van der Waals surface area (Å²) in [5.74, 6) is -0.935. The van der Waals surface area contributed by atoms with E-state index in [2.05, 4.69) is 33.1 Å². The van der Waals surface area contributed by atoms with Gasteiger partial charge in [-0.2, -0.15) is 5.10 Å². The van der Waals surface area contributed by atoms with E-state index in [4.69, 9.17) is 0 Å². The van der Waals surface area contributed by atoms with Crippen molar-refractivity contribution in [1.29, 1.82) is 0 Å². The number of benzene rings is 2. The number of fused-ring (bicyclic) bond motifs is 1. The average Bonchev–Trinajstić information content (AvgIpc) is 3.08. The van der Waals surface area contributed by atoms with Crippen LogP contribution in [0.1, 0.15) is 15.9 Å². The third-order valence-corrected chi connectivity index (χ3v) is 5.08. The Bertz CT molecular complexity index is 942. The van der Waals surface area contributed by atoms with E-state index in [1.807, 2.05) is 24.3 Å². The molecule has 2 heterocycles. The second-order valence-corrected chi connectivity index (χ2v) is 6.84. The highest BCUT2D eigenvalue weighted by atomic mass is 16.4. The molecule has 0 unspecified atom stereocenters. The van der Waals surface area contributed by atoms with Crippen molar-refractivity contribution in [3.05, 3.63) is 53.6 Å². The van der Waals surface area contributed by atoms with Crippen LogP contribution in [0.4, 0.5) is 0 Å². The Kier molecular flexibility index (Phi) is 4.44. The molecule has 2 N–H and O–H groups in total. The summed E-state index contributed by atoms with van der Waals surface area (Å²) in [6, 6.07) is 13.4. The second kappa shape index (κ2) is 6.90. The lowest BCUT2D eigenvalue weighted by atomic mass is 9.98. The van der Waals surface area contributed by atoms with Crippen LogP contribution in [0.5, 0.6) is 0 Å². The minimum absolute atomic E-state index is 0.278. The van der Waals surface area contributed by atoms with Crippen molar-refractivity contribution in [2.45, 2.75) is 6.54 Å². The van der Waals surface area contributed by atoms with Gasteiger partial charge in [0.05, 0.1) is 11.1 Å². The molecule has 0 saturated carbocycles. The average molecular weight is 350 g/mol. The number of nitrogens with one attached hydrogen (secondary N) is 1. The van der Waals surface area contributed by atoms with Gasteiger partial charge in [0, 0.05) is 43.7 Å². The summed E-state index contributed by atoms with van der Waals surface area (Å²) in [5.41, 5.74) is 3.90. The summed E-state index contributed by atoms with van der Waals surface area (Å²) in [6.45, 7) is 5.04. The first-order valence-corrected chi connectivity index (χ1v) is 8.83. The predicted molar refractivity (Wildman–Crippen MR) is 101 cm³/mol. The van der Waals surface area contributed by atoms with Crippen LogP contribution in [0.25, 0.3) is 22.2 Å². The van der Waals surface area contributed by atoms with Crippen molar-refractivity contribution < 1.29 is 9.90 Å². The molecular formula is C20H22N4O2. The number of carbonyl (C=O) groups is 1. The first kappa shape index (κ1) is 16.8. The van der Waals surface area contributed by atoms with Crippen LogP contribution in [0.15, 0.2) is 42.5 Å². The smallest absolute Gasteiger partial charge is 0.336 e. The SMILES string of the molecule is CN1CCN(Cc2ccccc2-c2n[nH]c3cccc(C(=O)O)c23)CC1. The molecule has 0 radical (unpaired) electrons. The number of likely N-dealkylation sites (N-methyl/N-ethyl adjacent to an activating group) is 1. The standard InChI is InChI=1S/C20H22N4O2/c1-23-9-11-24(12-10-23)13-14-5-2-3-6-15(14)19-18-16(20(25)26)7-4-8-17(18)21-22-19/h2-8H,9-13H2,1H3,(H,21,22)(H,25,26). The van der Waals surface area contributed by atoms with E-state index >= 15 is 0 Å². The van der Waals surface area contributed by atoms with Crippen molar-refractivity contribution in [2.75, 3.05) is 33.2 Å². The summed E-state index contributed by atoms with van der Waals surface area (Å²) in [5, 5.41) is 17.7. The summed E-state index contributed by atoms with van der Waals surface area (Å²) in [4.78, 5) is 16.4. The number of hydrogen-bond donors (Lipinski definition) is 2. The number of aromatic amines is 1. The maximum Gasteiger partial charge on any atom is 0.336 e. The molecule has 6 heteroatoms. The third kappa shape index (κ3) is 3.09. The molecule has 0 atom stereocenters. The molecule has 0 bridgehead atoms. The highest BCUT2D eigenvalue weighted by molar-refractivity contribution is 6.08. The van der Waals surface area contributed by atoms with Gasteiger partial charge in [0.2, 0.25) is 0 Å². The van der Waals surface area contributed by atoms with Crippen molar-refractivity contribution in [2.24, 2.45) is 0 Å². The van der Waals surface area contributed by atoms with Crippen LogP contribution in [0.2, 0.25) is 0 Å². The van der Waals surface area contributed by atoms with Gasteiger partial charge in [-0.15, -0.1) is 0 Å². The number of H-pyrrole nitrogens is 1. The fraction of sp³-hybridized carbons (Fsp3) is 0.300. The highest BCUT2D eigenvalue weighted by Crippen LogP contribution is 2.32. The highest BCUT2D eigenvalue weighted by Gasteiger charge is 2.20. The molecule has 0 spiro atoms. The lowest BCUT2D eigenvalue weighted by molar-refractivity contribution is 0.0699. The second-order valence-electron chi connectivity index (χ2n) is 6.84.